The Morgan fingerprint density at radius 1 is 0.403 bits per heavy atom. The lowest BCUT2D eigenvalue weighted by molar-refractivity contribution is -0.244. The molecule has 0 spiro atoms. The number of phenolic OH excluding ortho intramolecular Hbond substituents is 2. The van der Waals surface area contributed by atoms with Crippen molar-refractivity contribution in [1.82, 2.24) is 0 Å². The van der Waals surface area contributed by atoms with Gasteiger partial charge in [0.05, 0.1) is 38.1 Å². The van der Waals surface area contributed by atoms with Crippen molar-refractivity contribution in [3.63, 3.8) is 0 Å². The summed E-state index contributed by atoms with van der Waals surface area (Å²) in [5.74, 6) is -7.71. The molecule has 0 aliphatic carbocycles. The Bertz CT molecular complexity index is 5340. The summed E-state index contributed by atoms with van der Waals surface area (Å²) in [5.41, 5.74) is 3.82. The van der Waals surface area contributed by atoms with Crippen LogP contribution in [0.25, 0.3) is 4.13 Å². The van der Waals surface area contributed by atoms with Crippen LogP contribution in [0.1, 0.15) is 369 Å². The number of benzene rings is 8. The van der Waals surface area contributed by atoms with E-state index in [4.69, 9.17) is 29.2 Å². The quantitative estimate of drug-likeness (QED) is 0.00836. The molecular formula is C114H182F8NO22S4-. The minimum atomic E-state index is -6.60. The first-order valence-electron chi connectivity index (χ1n) is 43.8. The molecule has 0 saturated carbocycles. The molecule has 4 unspecified atom stereocenters. The monoisotopic (exact) mass is 2200 g/mol. The number of ether oxygens (including phenoxy) is 6. The highest BCUT2D eigenvalue weighted by Crippen LogP contribution is 2.58. The summed E-state index contributed by atoms with van der Waals surface area (Å²) < 4.78 is 203. The van der Waals surface area contributed by atoms with Crippen molar-refractivity contribution in [2.45, 2.75) is 373 Å². The third-order valence-corrected chi connectivity index (χ3v) is 27.9. The largest absolute Gasteiger partial charge is 0.743 e. The summed E-state index contributed by atoms with van der Waals surface area (Å²) in [5, 5.41) is 0.189. The summed E-state index contributed by atoms with van der Waals surface area (Å²) in [6.07, 6.45) is 4.53. The zero-order chi connectivity index (χ0) is 104. The molecule has 0 amide bonds. The highest BCUT2D eigenvalue weighted by molar-refractivity contribution is 8.13. The van der Waals surface area contributed by atoms with Crippen molar-refractivity contribution in [3.05, 3.63) is 256 Å². The van der Waals surface area contributed by atoms with Gasteiger partial charge in [-0.2, -0.15) is 35.1 Å². The van der Waals surface area contributed by atoms with E-state index in [1.807, 2.05) is 223 Å². The summed E-state index contributed by atoms with van der Waals surface area (Å²) in [6.45, 7) is 42.9. The normalized spacial score (nSPS) is 13.6. The van der Waals surface area contributed by atoms with Crippen LogP contribution < -0.4 is 4.74 Å². The van der Waals surface area contributed by atoms with Gasteiger partial charge in [-0.3, -0.25) is 24.0 Å². The number of phenols is 2. The fraction of sp³-hybridized carbons (Fsp3) is 0.518. The van der Waals surface area contributed by atoms with Crippen molar-refractivity contribution >= 4 is 82.7 Å². The van der Waals surface area contributed by atoms with Crippen LogP contribution in [0.15, 0.2) is 233 Å². The van der Waals surface area contributed by atoms with Crippen LogP contribution >= 0.6 is 0 Å². The Morgan fingerprint density at radius 3 is 1.03 bits per heavy atom. The van der Waals surface area contributed by atoms with Crippen LogP contribution in [0.5, 0.6) is 17.2 Å². The standard InChI is InChI=1S/C29H27O2S.C16H22O3.C14H20O2.C10H16F2O7S.C10H20O2.C10H14O.C9H12O.C3F6NO4S2.13CH4/c1-3-22(2)23-14-16-24(17-15-23)29(30)31-25-18-20-28(21-19-25)32(26-10-6-4-7-11-26)27-12-8-5-9-13-27;1-5-16(3,4)15(18)19-14(11-12(2)17)13-9-7-6-8-10-13;1-5-14(3,4)13(15)16-11(2)12-9-7-6-8-10-12;1-4-9(2,3)7(13)18-5-6-19-8(14)10(11,12)20(15,16)17;1-7-10(5,6)8(11)12-9(2,3)4;1-3-8(2)9-4-6-10(11)7-5-9;1-7(2)8-3-5-9(10)6-4-8;4-1(5)2(6,7)15(11,12)10-16(13,14)3(1,8)9;;;;;;;;;;;;;/h4-22H,3H2,1-2H3;6-10,14H,5,11H2,1-4H3;6-11H,5H2,1-4H3;4-6H2,1-3H3,(H,15,16,17);7H2,1-6H3;4-8,11H,3H2,1-2H3;3-7,10H,1-2H3;;13*1H4/q+1;;;;;;;-1;;;;;;;;;;;;;/p-1. The average Bonchev–Trinajstić information content (AvgIpc) is 0.692. The van der Waals surface area contributed by atoms with E-state index < -0.39 is 99.4 Å². The molecule has 1 heterocycles. The number of Topliss-reactive ketones (excluding diaryl/α,β-unsaturated/α-hetero) is 1. The molecular weight excluding hydrogens is 2020 g/mol. The van der Waals surface area contributed by atoms with Crippen molar-refractivity contribution < 1.29 is 137 Å². The molecule has 8 aromatic carbocycles. The predicted molar refractivity (Wildman–Crippen MR) is 594 cm³/mol. The first-order chi connectivity index (χ1) is 62.7. The second-order valence-electron chi connectivity index (χ2n) is 35.4. The molecule has 0 bridgehead atoms. The summed E-state index contributed by atoms with van der Waals surface area (Å²) in [6, 6.07) is 70.5. The van der Waals surface area contributed by atoms with Gasteiger partial charge in [-0.15, -0.1) is 0 Å². The molecule has 23 nitrogen and oxygen atoms in total. The number of sulfonamides is 2. The van der Waals surface area contributed by atoms with Gasteiger partial charge in [0.2, 0.25) is 0 Å². The van der Waals surface area contributed by atoms with Crippen LogP contribution in [0.4, 0.5) is 35.1 Å². The van der Waals surface area contributed by atoms with Crippen molar-refractivity contribution in [2.75, 3.05) is 13.2 Å². The maximum atomic E-state index is 12.7. The molecule has 149 heavy (non-hydrogen) atoms. The maximum absolute atomic E-state index is 12.7. The lowest BCUT2D eigenvalue weighted by Gasteiger charge is -2.42. The molecule has 0 aromatic heterocycles. The van der Waals surface area contributed by atoms with E-state index >= 15 is 0 Å². The number of ketones is 1. The van der Waals surface area contributed by atoms with Crippen LogP contribution in [-0.2, 0) is 93.5 Å². The molecule has 1 aliphatic heterocycles. The van der Waals surface area contributed by atoms with E-state index in [0.717, 1.165) is 40.9 Å². The minimum absolute atomic E-state index is 0. The van der Waals surface area contributed by atoms with Gasteiger partial charge in [0.25, 0.3) is 0 Å². The third-order valence-electron chi connectivity index (χ3n) is 21.5. The molecule has 9 rings (SSSR count). The Balaban J connectivity index is -0.000000146. The van der Waals surface area contributed by atoms with E-state index in [0.29, 0.717) is 53.4 Å². The smallest absolute Gasteiger partial charge is 0.428 e. The topological polar surface area (TPSA) is 355 Å². The van der Waals surface area contributed by atoms with Gasteiger partial charge in [0.15, 0.2) is 44.9 Å². The second kappa shape index (κ2) is 72.0. The van der Waals surface area contributed by atoms with Crippen LogP contribution in [0.3, 0.4) is 0 Å². The van der Waals surface area contributed by atoms with Crippen molar-refractivity contribution in [2.24, 2.45) is 21.7 Å². The Morgan fingerprint density at radius 2 is 0.705 bits per heavy atom. The lowest BCUT2D eigenvalue weighted by Crippen LogP contribution is -2.64. The maximum Gasteiger partial charge on any atom is 0.428 e. The van der Waals surface area contributed by atoms with Gasteiger partial charge in [0, 0.05) is 6.42 Å². The second-order valence-corrected chi connectivity index (χ2v) is 42.3. The number of carbonyl (C=O) groups is 7. The number of alkyl halides is 8. The van der Waals surface area contributed by atoms with Crippen LogP contribution in [-0.4, -0.2) is 122 Å². The summed E-state index contributed by atoms with van der Waals surface area (Å²) in [4.78, 5) is 85.3. The highest BCUT2D eigenvalue weighted by atomic mass is 32.3. The molecule has 1 saturated heterocycles. The number of hydrogen-bond acceptors (Lipinski definition) is 22. The molecule has 35 heteroatoms. The summed E-state index contributed by atoms with van der Waals surface area (Å²) in [7, 11) is -19.5. The molecule has 4 atom stereocenters. The SMILES string of the molecule is C.C.C.C.C.C.C.C.C.C.C.C.C.CC(C)c1ccc(O)cc1.CCC(C)(C)C(=O)OC(C)(C)C.CCC(C)(C)C(=O)OC(C)c1ccccc1.CCC(C)(C)C(=O)OC(CC(C)=O)c1ccccc1.CCC(C)(C)C(=O)OCCOC(=O)C(F)(F)S(=O)(=O)[O-].CCC(C)c1ccc(C(=O)Oc2ccc([S+](c3ccccc3)c3ccccc3)cc2)cc1.CCC(C)c1ccc(O)cc1.O=S1(=O)[N-]S(=O)(=O)C(F)(F)C(F)(F)C1(F)F. The molecule has 856 valence electrons. The fourth-order valence-electron chi connectivity index (χ4n) is 10.3. The van der Waals surface area contributed by atoms with Crippen LogP contribution in [0, 0.1) is 21.7 Å². The first-order valence-corrected chi connectivity index (χ1v) is 49.3. The number of hydrogen-bond donors (Lipinski definition) is 2. The van der Waals surface area contributed by atoms with E-state index in [9.17, 15) is 98.5 Å². The zero-order valence-electron chi connectivity index (χ0n) is 81.2. The predicted octanol–water partition coefficient (Wildman–Crippen LogP) is 32.9. The summed E-state index contributed by atoms with van der Waals surface area (Å²) >= 11 is 0. The number of esters is 6. The van der Waals surface area contributed by atoms with E-state index in [1.165, 1.54) is 38.3 Å². The zero-order valence-corrected chi connectivity index (χ0v) is 84.5. The lowest BCUT2D eigenvalue weighted by atomic mass is 9.90. The molecule has 2 N–H and O–H groups in total. The van der Waals surface area contributed by atoms with E-state index in [1.54, 1.807) is 45.0 Å². The van der Waals surface area contributed by atoms with Gasteiger partial charge >= 0.3 is 57.5 Å². The molecule has 1 fully saturated rings. The number of aromatic hydroxyl groups is 2. The Kier molecular flexibility index (Phi) is 79.1. The van der Waals surface area contributed by atoms with Gasteiger partial charge in [-0.25, -0.2) is 34.8 Å². The molecule has 0 radical (unpaired) electrons. The van der Waals surface area contributed by atoms with Crippen molar-refractivity contribution in [3.8, 4) is 17.2 Å². The van der Waals surface area contributed by atoms with Gasteiger partial charge < -0.3 is 47.3 Å². The van der Waals surface area contributed by atoms with Gasteiger partial charge in [0.1, 0.15) is 54.1 Å². The number of carbonyl (C=O) groups excluding carboxylic acids is 7. The number of nitrogens with zero attached hydrogens (tertiary/aromatic N) is 1. The van der Waals surface area contributed by atoms with Crippen LogP contribution in [0.2, 0.25) is 0 Å². The fourth-order valence-corrected chi connectivity index (χ4v) is 15.4. The first kappa shape index (κ1) is 164. The van der Waals surface area contributed by atoms with E-state index in [2.05, 4.69) is 112 Å². The Hall–Kier alpha value is -10.6. The average molecular weight is 2200 g/mol. The van der Waals surface area contributed by atoms with Gasteiger partial charge in [-0.1, -0.05) is 299 Å². The molecule has 8 aromatic rings. The van der Waals surface area contributed by atoms with Gasteiger partial charge in [-0.05, 0) is 259 Å². The van der Waals surface area contributed by atoms with E-state index in [-0.39, 0.29) is 161 Å². The number of halogens is 8. The number of rotatable bonds is 29. The highest BCUT2D eigenvalue weighted by Gasteiger charge is 2.81. The minimum Gasteiger partial charge on any atom is -0.743 e. The van der Waals surface area contributed by atoms with Crippen molar-refractivity contribution in [1.29, 1.82) is 0 Å². The molecule has 1 aliphatic rings. The third kappa shape index (κ3) is 50.9. The Labute approximate surface area is 895 Å².